The normalized spacial score (nSPS) is 10.9. The van der Waals surface area contributed by atoms with Gasteiger partial charge in [-0.2, -0.15) is 5.10 Å². The second kappa shape index (κ2) is 8.03. The molecular weight excluding hydrogens is 407 g/mol. The largest absolute Gasteiger partial charge is 0.497 e. The molecule has 0 saturated carbocycles. The van der Waals surface area contributed by atoms with Gasteiger partial charge in [-0.3, -0.25) is 0 Å². The lowest BCUT2D eigenvalue weighted by molar-refractivity contribution is 0.415. The van der Waals surface area contributed by atoms with Crippen LogP contribution in [0.1, 0.15) is 0 Å². The van der Waals surface area contributed by atoms with E-state index < -0.39 is 5.82 Å². The summed E-state index contributed by atoms with van der Waals surface area (Å²) in [5, 5.41) is 4.27. The molecule has 6 nitrogen and oxygen atoms in total. The summed E-state index contributed by atoms with van der Waals surface area (Å²) in [5.41, 5.74) is 8.42. The molecule has 0 aliphatic rings. The maximum Gasteiger partial charge on any atom is 0.159 e. The maximum atomic E-state index is 15.9. The first-order valence-corrected chi connectivity index (χ1v) is 9.94. The number of fused-ring (bicyclic) bond motifs is 1. The van der Waals surface area contributed by atoms with E-state index in [1.165, 1.54) is 10.8 Å². The monoisotopic (exact) mass is 426 g/mol. The second-order valence-corrected chi connectivity index (χ2v) is 7.11. The SMILES string of the molecule is COc1cccc(-c2c(F)c(-c3ccc(Oc4ccccc4)cc3)c3c(N)ncnn23)c1. The van der Waals surface area contributed by atoms with Gasteiger partial charge < -0.3 is 15.2 Å². The van der Waals surface area contributed by atoms with Crippen molar-refractivity contribution < 1.29 is 13.9 Å². The lowest BCUT2D eigenvalue weighted by Crippen LogP contribution is -2.00. The van der Waals surface area contributed by atoms with Gasteiger partial charge in [-0.05, 0) is 42.0 Å². The molecule has 0 aliphatic heterocycles. The fourth-order valence-electron chi connectivity index (χ4n) is 3.68. The van der Waals surface area contributed by atoms with Crippen molar-refractivity contribution in [2.75, 3.05) is 12.8 Å². The van der Waals surface area contributed by atoms with Gasteiger partial charge in [-0.1, -0.05) is 42.5 Å². The van der Waals surface area contributed by atoms with Crippen LogP contribution in [0.5, 0.6) is 17.2 Å². The van der Waals surface area contributed by atoms with E-state index in [2.05, 4.69) is 10.1 Å². The Morgan fingerprint density at radius 1 is 0.844 bits per heavy atom. The molecule has 32 heavy (non-hydrogen) atoms. The molecule has 2 aromatic heterocycles. The molecule has 0 saturated heterocycles. The summed E-state index contributed by atoms with van der Waals surface area (Å²) in [6.07, 6.45) is 1.31. The molecule has 3 aromatic carbocycles. The van der Waals surface area contributed by atoms with Gasteiger partial charge in [-0.15, -0.1) is 0 Å². The maximum absolute atomic E-state index is 15.9. The number of halogens is 1. The van der Waals surface area contributed by atoms with Crippen molar-refractivity contribution in [3.8, 4) is 39.6 Å². The lowest BCUT2D eigenvalue weighted by Gasteiger charge is -2.07. The van der Waals surface area contributed by atoms with Crippen LogP contribution in [-0.4, -0.2) is 21.7 Å². The van der Waals surface area contributed by atoms with Crippen molar-refractivity contribution >= 4 is 11.3 Å². The van der Waals surface area contributed by atoms with Crippen molar-refractivity contribution in [3.63, 3.8) is 0 Å². The Labute approximate surface area is 183 Å². The molecule has 2 heterocycles. The van der Waals surface area contributed by atoms with Crippen LogP contribution in [0, 0.1) is 5.82 Å². The van der Waals surface area contributed by atoms with Crippen LogP contribution in [0.15, 0.2) is 85.2 Å². The Hall–Kier alpha value is -4.39. The van der Waals surface area contributed by atoms with Crippen LogP contribution >= 0.6 is 0 Å². The molecule has 5 aromatic rings. The predicted molar refractivity (Wildman–Crippen MR) is 121 cm³/mol. The molecule has 0 atom stereocenters. The highest BCUT2D eigenvalue weighted by molar-refractivity contribution is 5.92. The smallest absolute Gasteiger partial charge is 0.159 e. The fourth-order valence-corrected chi connectivity index (χ4v) is 3.68. The van der Waals surface area contributed by atoms with E-state index in [-0.39, 0.29) is 11.5 Å². The first kappa shape index (κ1) is 19.6. The number of methoxy groups -OCH3 is 1. The molecule has 2 N–H and O–H groups in total. The van der Waals surface area contributed by atoms with Crippen LogP contribution in [0.3, 0.4) is 0 Å². The lowest BCUT2D eigenvalue weighted by atomic mass is 10.0. The Balaban J connectivity index is 1.64. The summed E-state index contributed by atoms with van der Waals surface area (Å²) in [6.45, 7) is 0. The number of rotatable bonds is 5. The minimum absolute atomic E-state index is 0.188. The van der Waals surface area contributed by atoms with E-state index in [4.69, 9.17) is 15.2 Å². The third-order valence-electron chi connectivity index (χ3n) is 5.16. The standard InChI is InChI=1S/C25H19FN4O2/c1-31-20-9-5-6-17(14-20)23-22(26)21(24-25(27)28-15-29-30(23)24)16-10-12-19(13-11-16)32-18-7-3-2-4-8-18/h2-15H,1H3,(H2,27,28,29). The minimum atomic E-state index is -0.442. The highest BCUT2D eigenvalue weighted by Gasteiger charge is 2.24. The van der Waals surface area contributed by atoms with Crippen LogP contribution in [0.25, 0.3) is 27.9 Å². The summed E-state index contributed by atoms with van der Waals surface area (Å²) >= 11 is 0. The summed E-state index contributed by atoms with van der Waals surface area (Å²) < 4.78 is 28.5. The van der Waals surface area contributed by atoms with Gasteiger partial charge in [0.1, 0.15) is 34.8 Å². The number of aromatic nitrogens is 3. The topological polar surface area (TPSA) is 74.7 Å². The average Bonchev–Trinajstić information content (AvgIpc) is 3.13. The molecule has 7 heteroatoms. The zero-order chi connectivity index (χ0) is 22.1. The molecule has 0 unspecified atom stereocenters. The fraction of sp³-hybridized carbons (Fsp3) is 0.0400. The number of nitrogens with zero attached hydrogens (tertiary/aromatic N) is 3. The van der Waals surface area contributed by atoms with Crippen molar-refractivity contribution in [2.24, 2.45) is 0 Å². The van der Waals surface area contributed by atoms with E-state index in [9.17, 15) is 0 Å². The third-order valence-corrected chi connectivity index (χ3v) is 5.16. The number of nitrogen functional groups attached to an aromatic ring is 1. The van der Waals surface area contributed by atoms with E-state index >= 15 is 4.39 Å². The summed E-state index contributed by atoms with van der Waals surface area (Å²) in [5.74, 6) is 1.72. The van der Waals surface area contributed by atoms with Crippen molar-refractivity contribution in [2.45, 2.75) is 0 Å². The highest BCUT2D eigenvalue weighted by Crippen LogP contribution is 2.39. The second-order valence-electron chi connectivity index (χ2n) is 7.11. The van der Waals surface area contributed by atoms with Gasteiger partial charge in [0.25, 0.3) is 0 Å². The van der Waals surface area contributed by atoms with Gasteiger partial charge in [0.2, 0.25) is 0 Å². The molecule has 158 valence electrons. The molecule has 0 bridgehead atoms. The van der Waals surface area contributed by atoms with Crippen molar-refractivity contribution in [1.82, 2.24) is 14.6 Å². The number of ether oxygens (including phenoxy) is 2. The first-order valence-electron chi connectivity index (χ1n) is 9.94. The van der Waals surface area contributed by atoms with Gasteiger partial charge in [0.05, 0.1) is 7.11 Å². The highest BCUT2D eigenvalue weighted by atomic mass is 19.1. The molecule has 0 aliphatic carbocycles. The van der Waals surface area contributed by atoms with E-state index in [0.29, 0.717) is 33.7 Å². The third kappa shape index (κ3) is 3.39. The average molecular weight is 426 g/mol. The molecule has 0 spiro atoms. The number of nitrogens with two attached hydrogens (primary N) is 1. The Morgan fingerprint density at radius 3 is 2.31 bits per heavy atom. The summed E-state index contributed by atoms with van der Waals surface area (Å²) in [6, 6.07) is 23.8. The van der Waals surface area contributed by atoms with Crippen LogP contribution < -0.4 is 15.2 Å². The summed E-state index contributed by atoms with van der Waals surface area (Å²) in [7, 11) is 1.57. The molecular formula is C25H19FN4O2. The van der Waals surface area contributed by atoms with Gasteiger partial charge in [-0.25, -0.2) is 13.9 Å². The zero-order valence-corrected chi connectivity index (χ0v) is 17.2. The van der Waals surface area contributed by atoms with Crippen LogP contribution in [-0.2, 0) is 0 Å². The molecule has 0 fully saturated rings. The minimum Gasteiger partial charge on any atom is -0.497 e. The molecule has 0 amide bonds. The zero-order valence-electron chi connectivity index (χ0n) is 17.2. The number of hydrogen-bond donors (Lipinski definition) is 1. The van der Waals surface area contributed by atoms with Crippen LogP contribution in [0.4, 0.5) is 10.2 Å². The molecule has 5 rings (SSSR count). The number of para-hydroxylation sites is 1. The van der Waals surface area contributed by atoms with Gasteiger partial charge in [0, 0.05) is 11.1 Å². The first-order chi connectivity index (χ1) is 15.7. The van der Waals surface area contributed by atoms with Gasteiger partial charge in [0.15, 0.2) is 11.6 Å². The van der Waals surface area contributed by atoms with Crippen LogP contribution in [0.2, 0.25) is 0 Å². The Kier molecular flexibility index (Phi) is 4.91. The predicted octanol–water partition coefficient (Wildman–Crippen LogP) is 5.59. The Morgan fingerprint density at radius 2 is 1.56 bits per heavy atom. The van der Waals surface area contributed by atoms with Crippen molar-refractivity contribution in [1.29, 1.82) is 0 Å². The quantitative estimate of drug-likeness (QED) is 0.397. The van der Waals surface area contributed by atoms with E-state index in [0.717, 1.165) is 5.75 Å². The van der Waals surface area contributed by atoms with E-state index in [1.807, 2.05) is 30.3 Å². The number of hydrogen-bond acceptors (Lipinski definition) is 5. The molecule has 0 radical (unpaired) electrons. The number of benzene rings is 3. The van der Waals surface area contributed by atoms with E-state index in [1.54, 1.807) is 55.6 Å². The summed E-state index contributed by atoms with van der Waals surface area (Å²) in [4.78, 5) is 4.08. The number of anilines is 1. The Bertz CT molecular complexity index is 1400. The van der Waals surface area contributed by atoms with Gasteiger partial charge >= 0.3 is 0 Å². The van der Waals surface area contributed by atoms with Crippen molar-refractivity contribution in [3.05, 3.63) is 91.0 Å².